The summed E-state index contributed by atoms with van der Waals surface area (Å²) >= 11 is 6.10. The summed E-state index contributed by atoms with van der Waals surface area (Å²) in [4.78, 5) is 14.0. The molecule has 0 radical (unpaired) electrons. The fourth-order valence-corrected chi connectivity index (χ4v) is 2.69. The number of hydrogen-bond donors (Lipinski definition) is 2. The molecule has 0 aliphatic carbocycles. The van der Waals surface area contributed by atoms with E-state index in [2.05, 4.69) is 21.6 Å². The van der Waals surface area contributed by atoms with Crippen molar-refractivity contribution in [2.45, 2.75) is 6.04 Å². The minimum absolute atomic E-state index is 0. The summed E-state index contributed by atoms with van der Waals surface area (Å²) in [5.41, 5.74) is 1.12. The highest BCUT2D eigenvalue weighted by Gasteiger charge is 2.23. The van der Waals surface area contributed by atoms with E-state index in [9.17, 15) is 4.79 Å². The van der Waals surface area contributed by atoms with Gasteiger partial charge in [-0.2, -0.15) is 0 Å². The molecule has 0 bridgehead atoms. The third-order valence-electron chi connectivity index (χ3n) is 3.55. The fraction of sp³-hybridized carbons (Fsp3) is 0.533. The molecule has 1 unspecified atom stereocenters. The third kappa shape index (κ3) is 5.74. The molecule has 7 heteroatoms. The molecular formula is C15H23Cl2N3O2. The monoisotopic (exact) mass is 347 g/mol. The Morgan fingerprint density at radius 1 is 1.41 bits per heavy atom. The molecule has 1 aromatic rings. The molecule has 22 heavy (non-hydrogen) atoms. The van der Waals surface area contributed by atoms with Gasteiger partial charge in [-0.3, -0.25) is 9.69 Å². The van der Waals surface area contributed by atoms with Crippen LogP contribution in [0.3, 0.4) is 0 Å². The van der Waals surface area contributed by atoms with E-state index >= 15 is 0 Å². The second-order valence-corrected chi connectivity index (χ2v) is 5.49. The summed E-state index contributed by atoms with van der Waals surface area (Å²) in [6, 6.07) is 7.94. The molecule has 0 spiro atoms. The van der Waals surface area contributed by atoms with Crippen LogP contribution in [0.25, 0.3) is 0 Å². The average molecular weight is 348 g/mol. The number of halogens is 2. The molecule has 0 aromatic heterocycles. The lowest BCUT2D eigenvalue weighted by molar-refractivity contribution is -0.120. The summed E-state index contributed by atoms with van der Waals surface area (Å²) in [5.74, 6) is -0.00205. The summed E-state index contributed by atoms with van der Waals surface area (Å²) in [7, 11) is 1.76. The molecule has 1 saturated heterocycles. The van der Waals surface area contributed by atoms with Gasteiger partial charge in [0, 0.05) is 24.7 Å². The van der Waals surface area contributed by atoms with Crippen molar-refractivity contribution >= 4 is 29.9 Å². The SMILES string of the molecule is CNCC(=O)NCC(c1cccc(Cl)c1)N1CCOCC1.Cl. The van der Waals surface area contributed by atoms with Gasteiger partial charge in [0.25, 0.3) is 0 Å². The molecule has 1 fully saturated rings. The fourth-order valence-electron chi connectivity index (χ4n) is 2.49. The Bertz CT molecular complexity index is 468. The molecule has 0 saturated carbocycles. The van der Waals surface area contributed by atoms with Gasteiger partial charge in [-0.25, -0.2) is 0 Å². The number of benzene rings is 1. The van der Waals surface area contributed by atoms with Gasteiger partial charge in [-0.1, -0.05) is 23.7 Å². The lowest BCUT2D eigenvalue weighted by atomic mass is 10.0. The Morgan fingerprint density at radius 3 is 2.77 bits per heavy atom. The first kappa shape index (κ1) is 19.2. The van der Waals surface area contributed by atoms with Crippen LogP contribution in [-0.4, -0.2) is 57.2 Å². The van der Waals surface area contributed by atoms with Gasteiger partial charge in [0.1, 0.15) is 0 Å². The molecule has 1 heterocycles. The summed E-state index contributed by atoms with van der Waals surface area (Å²) in [5, 5.41) is 6.54. The number of carbonyl (C=O) groups excluding carboxylic acids is 1. The molecular weight excluding hydrogens is 325 g/mol. The maximum atomic E-state index is 11.7. The smallest absolute Gasteiger partial charge is 0.234 e. The molecule has 5 nitrogen and oxygen atoms in total. The molecule has 1 aliphatic heterocycles. The molecule has 1 aliphatic rings. The molecule has 1 aromatic carbocycles. The largest absolute Gasteiger partial charge is 0.379 e. The van der Waals surface area contributed by atoms with Gasteiger partial charge in [-0.05, 0) is 24.7 Å². The second-order valence-electron chi connectivity index (χ2n) is 5.05. The molecule has 1 atom stereocenters. The topological polar surface area (TPSA) is 53.6 Å². The zero-order chi connectivity index (χ0) is 15.1. The van der Waals surface area contributed by atoms with Gasteiger partial charge in [0.2, 0.25) is 5.91 Å². The maximum absolute atomic E-state index is 11.7. The Labute approximate surface area is 142 Å². The van der Waals surface area contributed by atoms with Crippen LogP contribution in [0.1, 0.15) is 11.6 Å². The van der Waals surface area contributed by atoms with Crippen LogP contribution in [-0.2, 0) is 9.53 Å². The van der Waals surface area contributed by atoms with E-state index in [0.717, 1.165) is 31.9 Å². The van der Waals surface area contributed by atoms with E-state index in [-0.39, 0.29) is 24.4 Å². The van der Waals surface area contributed by atoms with Crippen molar-refractivity contribution in [2.75, 3.05) is 46.4 Å². The Kier molecular flexibility index (Phi) is 8.75. The highest BCUT2D eigenvalue weighted by Crippen LogP contribution is 2.23. The number of amides is 1. The molecule has 1 amide bonds. The average Bonchev–Trinajstić information content (AvgIpc) is 2.49. The first-order valence-corrected chi connectivity index (χ1v) is 7.57. The predicted molar refractivity (Wildman–Crippen MR) is 90.8 cm³/mol. The standard InChI is InChI=1S/C15H22ClN3O2.ClH/c1-17-11-15(20)18-10-14(19-5-7-21-8-6-19)12-3-2-4-13(16)9-12;/h2-4,9,14,17H,5-8,10-11H2,1H3,(H,18,20);1H. The van der Waals surface area contributed by atoms with E-state index in [1.54, 1.807) is 7.05 Å². The normalized spacial score (nSPS) is 16.6. The van der Waals surface area contributed by atoms with Crippen LogP contribution in [0.2, 0.25) is 5.02 Å². The minimum atomic E-state index is -0.00205. The van der Waals surface area contributed by atoms with Gasteiger partial charge >= 0.3 is 0 Å². The van der Waals surface area contributed by atoms with Crippen LogP contribution in [0.4, 0.5) is 0 Å². The number of nitrogens with zero attached hydrogens (tertiary/aromatic N) is 1. The zero-order valence-corrected chi connectivity index (χ0v) is 14.3. The number of carbonyl (C=O) groups is 1. The van der Waals surface area contributed by atoms with E-state index in [1.807, 2.05) is 18.2 Å². The van der Waals surface area contributed by atoms with Gasteiger partial charge in [-0.15, -0.1) is 12.4 Å². The van der Waals surface area contributed by atoms with E-state index in [4.69, 9.17) is 16.3 Å². The highest BCUT2D eigenvalue weighted by atomic mass is 35.5. The van der Waals surface area contributed by atoms with E-state index in [1.165, 1.54) is 0 Å². The van der Waals surface area contributed by atoms with Crippen molar-refractivity contribution in [3.63, 3.8) is 0 Å². The van der Waals surface area contributed by atoms with Crippen LogP contribution >= 0.6 is 24.0 Å². The first-order valence-electron chi connectivity index (χ1n) is 7.19. The summed E-state index contributed by atoms with van der Waals surface area (Å²) in [6.07, 6.45) is 0. The van der Waals surface area contributed by atoms with Gasteiger partial charge in [0.05, 0.1) is 25.8 Å². The molecule has 2 rings (SSSR count). The van der Waals surface area contributed by atoms with Crippen LogP contribution in [0, 0.1) is 0 Å². The second kappa shape index (κ2) is 10.0. The van der Waals surface area contributed by atoms with Crippen LogP contribution in [0.15, 0.2) is 24.3 Å². The van der Waals surface area contributed by atoms with Crippen LogP contribution < -0.4 is 10.6 Å². The van der Waals surface area contributed by atoms with Crippen molar-refractivity contribution in [1.29, 1.82) is 0 Å². The lowest BCUT2D eigenvalue weighted by Crippen LogP contribution is -2.44. The first-order chi connectivity index (χ1) is 10.2. The predicted octanol–water partition coefficient (Wildman–Crippen LogP) is 1.47. The third-order valence-corrected chi connectivity index (χ3v) is 3.78. The van der Waals surface area contributed by atoms with Crippen molar-refractivity contribution in [3.05, 3.63) is 34.9 Å². The summed E-state index contributed by atoms with van der Waals surface area (Å²) < 4.78 is 5.41. The lowest BCUT2D eigenvalue weighted by Gasteiger charge is -2.35. The quantitative estimate of drug-likeness (QED) is 0.818. The van der Waals surface area contributed by atoms with Crippen molar-refractivity contribution in [3.8, 4) is 0 Å². The Balaban J connectivity index is 0.00000242. The number of ether oxygens (including phenoxy) is 1. The number of nitrogens with one attached hydrogen (secondary N) is 2. The van der Waals surface area contributed by atoms with Crippen molar-refractivity contribution in [2.24, 2.45) is 0 Å². The molecule has 2 N–H and O–H groups in total. The number of rotatable bonds is 6. The van der Waals surface area contributed by atoms with Crippen LogP contribution in [0.5, 0.6) is 0 Å². The zero-order valence-electron chi connectivity index (χ0n) is 12.7. The van der Waals surface area contributed by atoms with Crippen molar-refractivity contribution in [1.82, 2.24) is 15.5 Å². The van der Waals surface area contributed by atoms with E-state index in [0.29, 0.717) is 18.1 Å². The van der Waals surface area contributed by atoms with Gasteiger partial charge < -0.3 is 15.4 Å². The Morgan fingerprint density at radius 2 is 2.14 bits per heavy atom. The maximum Gasteiger partial charge on any atom is 0.234 e. The molecule has 124 valence electrons. The number of likely N-dealkylation sites (N-methyl/N-ethyl adjacent to an activating group) is 1. The number of morpholine rings is 1. The van der Waals surface area contributed by atoms with Gasteiger partial charge in [0.15, 0.2) is 0 Å². The summed E-state index contributed by atoms with van der Waals surface area (Å²) in [6.45, 7) is 4.06. The van der Waals surface area contributed by atoms with E-state index < -0.39 is 0 Å². The van der Waals surface area contributed by atoms with Crippen molar-refractivity contribution < 1.29 is 9.53 Å². The highest BCUT2D eigenvalue weighted by molar-refractivity contribution is 6.30. The Hall–Kier alpha value is -0.850. The minimum Gasteiger partial charge on any atom is -0.379 e. The number of hydrogen-bond acceptors (Lipinski definition) is 4.